The summed E-state index contributed by atoms with van der Waals surface area (Å²) >= 11 is 3.29. The van der Waals surface area contributed by atoms with Gasteiger partial charge in [0.2, 0.25) is 0 Å². The van der Waals surface area contributed by atoms with Crippen molar-refractivity contribution in [3.05, 3.63) is 0 Å². The van der Waals surface area contributed by atoms with E-state index in [2.05, 4.69) is 15.9 Å². The number of carbonyl (C=O) groups is 2. The Morgan fingerprint density at radius 2 is 1.53 bits per heavy atom. The standard InChI is InChI=1S/C11H17BrO5/c1-5-6(2)15-11(12)10(17-8(4)14)9(5)16-7(3)13/h5-6,9-11H,1-4H3/t5-,6-,9+,10-,11+/m1/s1. The summed E-state index contributed by atoms with van der Waals surface area (Å²) in [5.41, 5.74) is 0. The molecule has 17 heavy (non-hydrogen) atoms. The second-order valence-corrected chi connectivity index (χ2v) is 5.10. The SMILES string of the molecule is CC(=O)O[C@@H]1[C@@H](OC(C)=O)[C@H](C)[C@@H](C)O[C@@H]1Br. The number of halogens is 1. The molecule has 0 aliphatic carbocycles. The normalized spacial score (nSPS) is 37.4. The van der Waals surface area contributed by atoms with Crippen LogP contribution in [0.15, 0.2) is 0 Å². The Morgan fingerprint density at radius 1 is 1.06 bits per heavy atom. The number of ether oxygens (including phenoxy) is 3. The molecule has 1 heterocycles. The van der Waals surface area contributed by atoms with Crippen molar-refractivity contribution in [1.82, 2.24) is 0 Å². The first kappa shape index (κ1) is 14.4. The third kappa shape index (κ3) is 3.67. The zero-order valence-electron chi connectivity index (χ0n) is 10.3. The molecule has 0 aromatic heterocycles. The van der Waals surface area contributed by atoms with E-state index >= 15 is 0 Å². The lowest BCUT2D eigenvalue weighted by Gasteiger charge is -2.41. The van der Waals surface area contributed by atoms with Crippen LogP contribution in [0.4, 0.5) is 0 Å². The Balaban J connectivity index is 2.86. The summed E-state index contributed by atoms with van der Waals surface area (Å²) in [6, 6.07) is 0. The number of alkyl halides is 1. The lowest BCUT2D eigenvalue weighted by molar-refractivity contribution is -0.203. The molecule has 0 amide bonds. The van der Waals surface area contributed by atoms with E-state index in [9.17, 15) is 9.59 Å². The predicted molar refractivity (Wildman–Crippen MR) is 63.5 cm³/mol. The Hall–Kier alpha value is -0.620. The highest BCUT2D eigenvalue weighted by Crippen LogP contribution is 2.32. The highest BCUT2D eigenvalue weighted by molar-refractivity contribution is 9.09. The molecule has 1 fully saturated rings. The van der Waals surface area contributed by atoms with Gasteiger partial charge in [0, 0.05) is 19.8 Å². The zero-order chi connectivity index (χ0) is 13.2. The van der Waals surface area contributed by atoms with Gasteiger partial charge in [-0.3, -0.25) is 9.59 Å². The zero-order valence-corrected chi connectivity index (χ0v) is 11.9. The van der Waals surface area contributed by atoms with Crippen LogP contribution in [-0.4, -0.2) is 35.3 Å². The summed E-state index contributed by atoms with van der Waals surface area (Å²) in [7, 11) is 0. The summed E-state index contributed by atoms with van der Waals surface area (Å²) in [5.74, 6) is -0.869. The molecule has 0 spiro atoms. The van der Waals surface area contributed by atoms with Gasteiger partial charge in [0.05, 0.1) is 6.10 Å². The molecule has 0 N–H and O–H groups in total. The number of hydrogen-bond donors (Lipinski definition) is 0. The Labute approximate surface area is 109 Å². The first-order chi connectivity index (χ1) is 7.82. The third-order valence-corrected chi connectivity index (χ3v) is 3.53. The fourth-order valence-corrected chi connectivity index (χ4v) is 2.55. The van der Waals surface area contributed by atoms with Gasteiger partial charge >= 0.3 is 11.9 Å². The van der Waals surface area contributed by atoms with Gasteiger partial charge in [-0.1, -0.05) is 22.9 Å². The quantitative estimate of drug-likeness (QED) is 0.573. The maximum atomic E-state index is 11.1. The minimum absolute atomic E-state index is 0.0444. The van der Waals surface area contributed by atoms with Crippen LogP contribution in [0.5, 0.6) is 0 Å². The maximum Gasteiger partial charge on any atom is 0.303 e. The molecule has 1 aliphatic heterocycles. The minimum Gasteiger partial charge on any atom is -0.458 e. The lowest BCUT2D eigenvalue weighted by atomic mass is 9.92. The maximum absolute atomic E-state index is 11.1. The van der Waals surface area contributed by atoms with Gasteiger partial charge in [0.25, 0.3) is 0 Å². The van der Waals surface area contributed by atoms with Crippen LogP contribution in [0.1, 0.15) is 27.7 Å². The molecule has 0 bridgehead atoms. The van der Waals surface area contributed by atoms with Crippen molar-refractivity contribution in [1.29, 1.82) is 0 Å². The van der Waals surface area contributed by atoms with Gasteiger partial charge in [-0.25, -0.2) is 0 Å². The number of rotatable bonds is 2. The molecule has 1 saturated heterocycles. The van der Waals surface area contributed by atoms with E-state index in [-0.39, 0.29) is 12.0 Å². The Morgan fingerprint density at radius 3 is 2.00 bits per heavy atom. The van der Waals surface area contributed by atoms with Crippen molar-refractivity contribution < 1.29 is 23.8 Å². The molecule has 0 aromatic rings. The van der Waals surface area contributed by atoms with E-state index in [0.717, 1.165) is 0 Å². The number of hydrogen-bond acceptors (Lipinski definition) is 5. The van der Waals surface area contributed by atoms with Crippen molar-refractivity contribution >= 4 is 27.9 Å². The molecule has 1 aliphatic rings. The van der Waals surface area contributed by atoms with Gasteiger partial charge in [-0.15, -0.1) is 0 Å². The van der Waals surface area contributed by atoms with Crippen molar-refractivity contribution in [3.63, 3.8) is 0 Å². The molecule has 5 atom stereocenters. The minimum atomic E-state index is -0.623. The number of esters is 2. The smallest absolute Gasteiger partial charge is 0.303 e. The highest BCUT2D eigenvalue weighted by atomic mass is 79.9. The molecular weight excluding hydrogens is 292 g/mol. The van der Waals surface area contributed by atoms with E-state index < -0.39 is 29.2 Å². The van der Waals surface area contributed by atoms with Crippen molar-refractivity contribution in [2.45, 2.75) is 51.0 Å². The topological polar surface area (TPSA) is 61.8 Å². The van der Waals surface area contributed by atoms with Crippen LogP contribution in [0.2, 0.25) is 0 Å². The molecule has 98 valence electrons. The molecule has 0 unspecified atom stereocenters. The second-order valence-electron chi connectivity index (χ2n) is 4.20. The largest absolute Gasteiger partial charge is 0.458 e. The third-order valence-electron chi connectivity index (χ3n) is 2.79. The summed E-state index contributed by atoms with van der Waals surface area (Å²) in [4.78, 5) is 22.1. The van der Waals surface area contributed by atoms with E-state index in [1.54, 1.807) is 0 Å². The van der Waals surface area contributed by atoms with Crippen molar-refractivity contribution in [3.8, 4) is 0 Å². The Kier molecular flexibility index (Phi) is 4.94. The van der Waals surface area contributed by atoms with Crippen LogP contribution < -0.4 is 0 Å². The molecule has 0 saturated carbocycles. The van der Waals surface area contributed by atoms with Gasteiger partial charge < -0.3 is 14.2 Å². The molecule has 1 rings (SSSR count). The van der Waals surface area contributed by atoms with Crippen LogP contribution in [0.25, 0.3) is 0 Å². The van der Waals surface area contributed by atoms with Crippen LogP contribution in [0, 0.1) is 5.92 Å². The average molecular weight is 309 g/mol. The second kappa shape index (κ2) is 5.82. The van der Waals surface area contributed by atoms with Crippen molar-refractivity contribution in [2.24, 2.45) is 5.92 Å². The molecule has 0 aromatic carbocycles. The van der Waals surface area contributed by atoms with E-state index in [1.165, 1.54) is 13.8 Å². The fraction of sp³-hybridized carbons (Fsp3) is 0.818. The van der Waals surface area contributed by atoms with Gasteiger partial charge in [-0.05, 0) is 6.92 Å². The van der Waals surface area contributed by atoms with Crippen LogP contribution >= 0.6 is 15.9 Å². The molecule has 5 nitrogen and oxygen atoms in total. The Bertz CT molecular complexity index is 306. The molecular formula is C11H17BrO5. The van der Waals surface area contributed by atoms with Crippen LogP contribution in [0.3, 0.4) is 0 Å². The fourth-order valence-electron chi connectivity index (χ4n) is 1.80. The van der Waals surface area contributed by atoms with E-state index in [4.69, 9.17) is 14.2 Å². The number of carbonyl (C=O) groups excluding carboxylic acids is 2. The highest BCUT2D eigenvalue weighted by Gasteiger charge is 2.45. The first-order valence-electron chi connectivity index (χ1n) is 5.47. The van der Waals surface area contributed by atoms with Gasteiger partial charge in [0.15, 0.2) is 11.1 Å². The van der Waals surface area contributed by atoms with E-state index in [1.807, 2.05) is 13.8 Å². The van der Waals surface area contributed by atoms with Crippen molar-refractivity contribution in [2.75, 3.05) is 0 Å². The van der Waals surface area contributed by atoms with Crippen LogP contribution in [-0.2, 0) is 23.8 Å². The summed E-state index contributed by atoms with van der Waals surface area (Å²) < 4.78 is 16.0. The monoisotopic (exact) mass is 308 g/mol. The van der Waals surface area contributed by atoms with Gasteiger partial charge in [0.1, 0.15) is 6.10 Å². The summed E-state index contributed by atoms with van der Waals surface area (Å²) in [6.07, 6.45) is -1.21. The predicted octanol–water partition coefficient (Wildman–Crippen LogP) is 1.63. The lowest BCUT2D eigenvalue weighted by Crippen LogP contribution is -2.53. The summed E-state index contributed by atoms with van der Waals surface area (Å²) in [5, 5.41) is -0.470. The van der Waals surface area contributed by atoms with E-state index in [0.29, 0.717) is 0 Å². The van der Waals surface area contributed by atoms with Gasteiger partial charge in [-0.2, -0.15) is 0 Å². The average Bonchev–Trinajstić information content (AvgIpc) is 2.19. The summed E-state index contributed by atoms with van der Waals surface area (Å²) in [6.45, 7) is 6.43. The molecule has 0 radical (unpaired) electrons. The molecule has 6 heteroatoms. The first-order valence-corrected chi connectivity index (χ1v) is 6.38.